The Bertz CT molecular complexity index is 1060. The number of esters is 1. The molecule has 0 bridgehead atoms. The number of carbonyl (C=O) groups is 2. The number of aromatic nitrogens is 2. The summed E-state index contributed by atoms with van der Waals surface area (Å²) in [5, 5.41) is 13.8. The van der Waals surface area contributed by atoms with E-state index in [9.17, 15) is 9.59 Å². The highest BCUT2D eigenvalue weighted by Crippen LogP contribution is 2.22. The van der Waals surface area contributed by atoms with Gasteiger partial charge in [-0.15, -0.1) is 10.2 Å². The Kier molecular flexibility index (Phi) is 5.35. The molecule has 8 nitrogen and oxygen atoms in total. The highest BCUT2D eigenvalue weighted by Gasteiger charge is 2.26. The van der Waals surface area contributed by atoms with Crippen LogP contribution in [0.3, 0.4) is 0 Å². The van der Waals surface area contributed by atoms with Crippen molar-refractivity contribution in [2.45, 2.75) is 19.4 Å². The lowest BCUT2D eigenvalue weighted by molar-refractivity contribution is -0.137. The van der Waals surface area contributed by atoms with Crippen molar-refractivity contribution in [2.75, 3.05) is 5.01 Å². The third kappa shape index (κ3) is 4.33. The molecular weight excluding hydrogens is 396 g/mol. The largest absolute Gasteiger partial charge is 0.451 e. The molecule has 146 valence electrons. The second-order valence-corrected chi connectivity index (χ2v) is 6.61. The van der Waals surface area contributed by atoms with Crippen LogP contribution in [-0.4, -0.2) is 27.8 Å². The molecule has 1 aromatic heterocycles. The molecule has 1 aliphatic heterocycles. The van der Waals surface area contributed by atoms with E-state index in [1.807, 2.05) is 6.07 Å². The number of hydrazone groups is 1. The number of hydrogen-bond acceptors (Lipinski definition) is 7. The van der Waals surface area contributed by atoms with Crippen molar-refractivity contribution in [3.63, 3.8) is 0 Å². The van der Waals surface area contributed by atoms with Crippen LogP contribution in [0.25, 0.3) is 11.5 Å². The molecule has 9 heteroatoms. The van der Waals surface area contributed by atoms with Crippen molar-refractivity contribution in [2.24, 2.45) is 5.10 Å². The predicted octanol–water partition coefficient (Wildman–Crippen LogP) is 3.62. The number of hydrogen-bond donors (Lipinski definition) is 0. The van der Waals surface area contributed by atoms with E-state index in [0.717, 1.165) is 0 Å². The van der Waals surface area contributed by atoms with Crippen LogP contribution >= 0.6 is 11.6 Å². The van der Waals surface area contributed by atoms with Crippen molar-refractivity contribution in [1.29, 1.82) is 0 Å². The molecule has 0 radical (unpaired) electrons. The lowest BCUT2D eigenvalue weighted by Gasteiger charge is -2.22. The number of carbonyl (C=O) groups excluding carboxylic acids is 2. The van der Waals surface area contributed by atoms with E-state index in [0.29, 0.717) is 22.2 Å². The molecule has 1 aliphatic rings. The van der Waals surface area contributed by atoms with Crippen LogP contribution in [0.2, 0.25) is 5.02 Å². The predicted molar refractivity (Wildman–Crippen MR) is 105 cm³/mol. The average molecular weight is 411 g/mol. The minimum Gasteiger partial charge on any atom is -0.451 e. The van der Waals surface area contributed by atoms with E-state index in [4.69, 9.17) is 20.8 Å². The summed E-state index contributed by atoms with van der Waals surface area (Å²) in [7, 11) is 0. The molecule has 2 heterocycles. The first kappa shape index (κ1) is 18.8. The normalized spacial score (nSPS) is 13.9. The lowest BCUT2D eigenvalue weighted by atomic mass is 10.1. The summed E-state index contributed by atoms with van der Waals surface area (Å²) in [4.78, 5) is 24.5. The van der Waals surface area contributed by atoms with Crippen LogP contribution in [0.15, 0.2) is 64.1 Å². The summed E-state index contributed by atoms with van der Waals surface area (Å²) < 4.78 is 10.7. The maximum absolute atomic E-state index is 12.4. The number of nitrogens with zero attached hydrogens (tertiary/aromatic N) is 4. The fourth-order valence-corrected chi connectivity index (χ4v) is 2.83. The number of anilines is 1. The van der Waals surface area contributed by atoms with Gasteiger partial charge in [0.25, 0.3) is 5.89 Å². The van der Waals surface area contributed by atoms with Gasteiger partial charge in [-0.1, -0.05) is 29.8 Å². The zero-order chi connectivity index (χ0) is 20.2. The Morgan fingerprint density at radius 1 is 1.07 bits per heavy atom. The molecule has 0 unspecified atom stereocenters. The SMILES string of the molecule is O=C(OCc1nnc(-c2ccc(Cl)cc2)o1)C1=NN(c2ccccc2)C(=O)CC1. The zero-order valence-electron chi connectivity index (χ0n) is 15.1. The van der Waals surface area contributed by atoms with Crippen molar-refractivity contribution < 1.29 is 18.7 Å². The summed E-state index contributed by atoms with van der Waals surface area (Å²) in [6.45, 7) is -0.197. The molecular formula is C20H15ClN4O4. The highest BCUT2D eigenvalue weighted by molar-refractivity contribution is 6.38. The van der Waals surface area contributed by atoms with Crippen LogP contribution < -0.4 is 5.01 Å². The fourth-order valence-electron chi connectivity index (χ4n) is 2.70. The summed E-state index contributed by atoms with van der Waals surface area (Å²) in [5.41, 5.74) is 1.45. The molecule has 0 N–H and O–H groups in total. The number of ether oxygens (including phenoxy) is 1. The van der Waals surface area contributed by atoms with E-state index in [-0.39, 0.29) is 37.0 Å². The van der Waals surface area contributed by atoms with Crippen LogP contribution in [0, 0.1) is 0 Å². The average Bonchev–Trinajstić information content (AvgIpc) is 3.22. The summed E-state index contributed by atoms with van der Waals surface area (Å²) >= 11 is 5.86. The Hall–Kier alpha value is -3.52. The fraction of sp³-hybridized carbons (Fsp3) is 0.150. The van der Waals surface area contributed by atoms with Crippen LogP contribution in [0.1, 0.15) is 18.7 Å². The number of amides is 1. The third-order valence-corrected chi connectivity index (χ3v) is 4.41. The van der Waals surface area contributed by atoms with Crippen molar-refractivity contribution >= 4 is 34.9 Å². The van der Waals surface area contributed by atoms with E-state index < -0.39 is 5.97 Å². The van der Waals surface area contributed by atoms with Gasteiger partial charge in [0.2, 0.25) is 11.8 Å². The molecule has 4 rings (SSSR count). The standard InChI is InChI=1S/C20H15ClN4O4/c21-14-8-6-13(7-9-14)19-23-22-17(29-19)12-28-20(27)16-10-11-18(26)25(24-16)15-4-2-1-3-5-15/h1-9H,10-12H2. The van der Waals surface area contributed by atoms with Gasteiger partial charge >= 0.3 is 5.97 Å². The van der Waals surface area contributed by atoms with E-state index in [1.165, 1.54) is 5.01 Å². The first-order chi connectivity index (χ1) is 14.1. The highest BCUT2D eigenvalue weighted by atomic mass is 35.5. The lowest BCUT2D eigenvalue weighted by Crippen LogP contribution is -2.34. The van der Waals surface area contributed by atoms with Crippen molar-refractivity contribution in [1.82, 2.24) is 10.2 Å². The number of halogens is 1. The maximum Gasteiger partial charge on any atom is 0.355 e. The molecule has 29 heavy (non-hydrogen) atoms. The first-order valence-corrected chi connectivity index (χ1v) is 9.19. The molecule has 0 aliphatic carbocycles. The Labute approximate surface area is 170 Å². The van der Waals surface area contributed by atoms with Gasteiger partial charge in [-0.05, 0) is 36.4 Å². The molecule has 1 amide bonds. The molecule has 0 spiro atoms. The van der Waals surface area contributed by atoms with Crippen LogP contribution in [0.5, 0.6) is 0 Å². The summed E-state index contributed by atoms with van der Waals surface area (Å²) in [5.74, 6) is -0.374. The molecule has 0 saturated heterocycles. The number of rotatable bonds is 5. The number of para-hydroxylation sites is 1. The second kappa shape index (κ2) is 8.24. The summed E-state index contributed by atoms with van der Waals surface area (Å²) in [6.07, 6.45) is 0.380. The first-order valence-electron chi connectivity index (χ1n) is 8.81. The Morgan fingerprint density at radius 2 is 1.83 bits per heavy atom. The zero-order valence-corrected chi connectivity index (χ0v) is 15.9. The Morgan fingerprint density at radius 3 is 2.59 bits per heavy atom. The smallest absolute Gasteiger partial charge is 0.355 e. The monoisotopic (exact) mass is 410 g/mol. The van der Waals surface area contributed by atoms with Crippen molar-refractivity contribution in [3.05, 3.63) is 65.5 Å². The Balaban J connectivity index is 1.42. The molecule has 2 aromatic carbocycles. The molecule has 0 atom stereocenters. The van der Waals surface area contributed by atoms with Crippen LogP contribution in [0.4, 0.5) is 5.69 Å². The van der Waals surface area contributed by atoms with Crippen LogP contribution in [-0.2, 0) is 20.9 Å². The van der Waals surface area contributed by atoms with Gasteiger partial charge in [0, 0.05) is 23.4 Å². The minimum absolute atomic E-state index is 0.149. The van der Waals surface area contributed by atoms with E-state index >= 15 is 0 Å². The van der Waals surface area contributed by atoms with Gasteiger partial charge in [0.15, 0.2) is 6.61 Å². The van der Waals surface area contributed by atoms with Gasteiger partial charge < -0.3 is 9.15 Å². The molecule has 3 aromatic rings. The quantitative estimate of drug-likeness (QED) is 0.596. The maximum atomic E-state index is 12.4. The van der Waals surface area contributed by atoms with Gasteiger partial charge in [-0.25, -0.2) is 9.80 Å². The van der Waals surface area contributed by atoms with E-state index in [2.05, 4.69) is 15.3 Å². The summed E-state index contributed by atoms with van der Waals surface area (Å²) in [6, 6.07) is 15.8. The van der Waals surface area contributed by atoms with Gasteiger partial charge in [0.1, 0.15) is 5.71 Å². The number of benzene rings is 2. The van der Waals surface area contributed by atoms with Crippen molar-refractivity contribution in [3.8, 4) is 11.5 Å². The second-order valence-electron chi connectivity index (χ2n) is 6.17. The van der Waals surface area contributed by atoms with Gasteiger partial charge in [-0.3, -0.25) is 4.79 Å². The van der Waals surface area contributed by atoms with Gasteiger partial charge in [0.05, 0.1) is 5.69 Å². The third-order valence-electron chi connectivity index (χ3n) is 4.15. The van der Waals surface area contributed by atoms with E-state index in [1.54, 1.807) is 48.5 Å². The molecule has 0 saturated carbocycles. The topological polar surface area (TPSA) is 97.9 Å². The minimum atomic E-state index is -0.635. The molecule has 0 fully saturated rings. The van der Waals surface area contributed by atoms with Gasteiger partial charge in [-0.2, -0.15) is 5.10 Å².